The van der Waals surface area contributed by atoms with Crippen molar-refractivity contribution in [3.8, 4) is 0 Å². The standard InChI is InChI=1S/C19H25ClN2.C2H6/c1-3-4-5-7-16(2)19(22-14-12-21-13-15-22)17-8-6-9-18(20)11-10-17;1-2/h3-5,7-11,19,21H,2,6,12-15H2,1H3;1-2H3/b4-3-,7-5-;. The van der Waals surface area contributed by atoms with Crippen LogP contribution in [-0.4, -0.2) is 37.1 Å². The van der Waals surface area contributed by atoms with Gasteiger partial charge in [0, 0.05) is 31.2 Å². The van der Waals surface area contributed by atoms with Crippen molar-refractivity contribution in [3.05, 3.63) is 71.4 Å². The van der Waals surface area contributed by atoms with Crippen LogP contribution in [0.1, 0.15) is 27.2 Å². The molecule has 24 heavy (non-hydrogen) atoms. The Hall–Kier alpha value is -1.35. The van der Waals surface area contributed by atoms with Crippen LogP contribution in [0.5, 0.6) is 0 Å². The van der Waals surface area contributed by atoms with Gasteiger partial charge in [-0.2, -0.15) is 0 Å². The SMILES string of the molecule is C=C(/C=C\C=C/C)C(C1=CCC=C(Cl)C=C1)N1CCNCC1.CC. The number of allylic oxidation sites excluding steroid dienone is 7. The maximum atomic E-state index is 6.13. The van der Waals surface area contributed by atoms with Gasteiger partial charge in [-0.25, -0.2) is 0 Å². The third kappa shape index (κ3) is 6.64. The van der Waals surface area contributed by atoms with Crippen molar-refractivity contribution < 1.29 is 0 Å². The molecule has 0 spiro atoms. The average Bonchev–Trinajstić information content (AvgIpc) is 2.83. The highest BCUT2D eigenvalue weighted by atomic mass is 35.5. The lowest BCUT2D eigenvalue weighted by atomic mass is 9.95. The second kappa shape index (κ2) is 12.1. The molecule has 1 atom stereocenters. The minimum absolute atomic E-state index is 0.218. The summed E-state index contributed by atoms with van der Waals surface area (Å²) in [5, 5.41) is 4.22. The van der Waals surface area contributed by atoms with E-state index >= 15 is 0 Å². The number of nitrogens with zero attached hydrogens (tertiary/aromatic N) is 1. The monoisotopic (exact) mass is 346 g/mol. The highest BCUT2D eigenvalue weighted by Crippen LogP contribution is 2.24. The summed E-state index contributed by atoms with van der Waals surface area (Å²) in [5.41, 5.74) is 2.40. The number of rotatable bonds is 5. The maximum Gasteiger partial charge on any atom is 0.0593 e. The summed E-state index contributed by atoms with van der Waals surface area (Å²) in [5.74, 6) is 0. The Morgan fingerprint density at radius 1 is 1.21 bits per heavy atom. The largest absolute Gasteiger partial charge is 0.314 e. The number of halogens is 1. The predicted molar refractivity (Wildman–Crippen MR) is 108 cm³/mol. The molecule has 1 aliphatic heterocycles. The number of hydrogen-bond donors (Lipinski definition) is 1. The number of nitrogens with one attached hydrogen (secondary N) is 1. The summed E-state index contributed by atoms with van der Waals surface area (Å²) in [6.07, 6.45) is 17.5. The van der Waals surface area contributed by atoms with Crippen LogP contribution < -0.4 is 5.32 Å². The molecule has 1 unspecified atom stereocenters. The van der Waals surface area contributed by atoms with Gasteiger partial charge in [0.05, 0.1) is 6.04 Å². The molecule has 0 amide bonds. The summed E-state index contributed by atoms with van der Waals surface area (Å²) in [7, 11) is 0. The van der Waals surface area contributed by atoms with E-state index < -0.39 is 0 Å². The molecule has 3 heteroatoms. The summed E-state index contributed by atoms with van der Waals surface area (Å²) in [6, 6.07) is 0.218. The van der Waals surface area contributed by atoms with Crippen LogP contribution in [0.3, 0.4) is 0 Å². The first-order valence-electron chi connectivity index (χ1n) is 8.89. The number of hydrogen-bond acceptors (Lipinski definition) is 2. The van der Waals surface area contributed by atoms with E-state index in [1.807, 2.05) is 45.1 Å². The van der Waals surface area contributed by atoms with E-state index in [0.717, 1.165) is 43.2 Å². The molecule has 1 saturated heterocycles. The second-order valence-electron chi connectivity index (χ2n) is 5.51. The van der Waals surface area contributed by atoms with Crippen molar-refractivity contribution in [1.82, 2.24) is 10.2 Å². The van der Waals surface area contributed by atoms with Crippen molar-refractivity contribution in [2.24, 2.45) is 0 Å². The molecule has 1 heterocycles. The highest BCUT2D eigenvalue weighted by molar-refractivity contribution is 6.31. The quantitative estimate of drug-likeness (QED) is 0.706. The zero-order chi connectivity index (χ0) is 17.8. The van der Waals surface area contributed by atoms with Gasteiger partial charge in [0.15, 0.2) is 0 Å². The molecule has 132 valence electrons. The minimum atomic E-state index is 0.218. The molecule has 0 radical (unpaired) electrons. The van der Waals surface area contributed by atoms with Crippen LogP contribution in [0.25, 0.3) is 0 Å². The van der Waals surface area contributed by atoms with Crippen LogP contribution in [0.2, 0.25) is 0 Å². The van der Waals surface area contributed by atoms with Crippen LogP contribution in [0.4, 0.5) is 0 Å². The van der Waals surface area contributed by atoms with Crippen molar-refractivity contribution in [1.29, 1.82) is 0 Å². The summed E-state index contributed by atoms with van der Waals surface area (Å²) < 4.78 is 0. The Morgan fingerprint density at radius 2 is 1.92 bits per heavy atom. The fourth-order valence-corrected chi connectivity index (χ4v) is 2.96. The average molecular weight is 347 g/mol. The van der Waals surface area contributed by atoms with Crippen molar-refractivity contribution in [2.45, 2.75) is 33.2 Å². The normalized spacial score (nSPS) is 20.2. The van der Waals surface area contributed by atoms with Gasteiger partial charge in [0.25, 0.3) is 0 Å². The molecular weight excluding hydrogens is 316 g/mol. The van der Waals surface area contributed by atoms with E-state index in [1.54, 1.807) is 0 Å². The van der Waals surface area contributed by atoms with Gasteiger partial charge in [-0.15, -0.1) is 0 Å². The lowest BCUT2D eigenvalue weighted by Gasteiger charge is -2.36. The Kier molecular flexibility index (Phi) is 10.4. The Labute approximate surface area is 153 Å². The first-order valence-corrected chi connectivity index (χ1v) is 9.27. The fourth-order valence-electron chi connectivity index (χ4n) is 2.80. The fraction of sp³-hybridized carbons (Fsp3) is 0.429. The molecule has 1 N–H and O–H groups in total. The maximum absolute atomic E-state index is 6.13. The minimum Gasteiger partial charge on any atom is -0.314 e. The van der Waals surface area contributed by atoms with Gasteiger partial charge >= 0.3 is 0 Å². The first kappa shape index (κ1) is 20.7. The zero-order valence-electron chi connectivity index (χ0n) is 15.3. The van der Waals surface area contributed by atoms with Gasteiger partial charge in [-0.05, 0) is 30.6 Å². The smallest absolute Gasteiger partial charge is 0.0593 e. The highest BCUT2D eigenvalue weighted by Gasteiger charge is 2.24. The third-order valence-electron chi connectivity index (χ3n) is 3.90. The molecule has 2 aliphatic rings. The Bertz CT molecular complexity index is 532. The van der Waals surface area contributed by atoms with E-state index in [4.69, 9.17) is 11.6 Å². The number of piperazine rings is 1. The van der Waals surface area contributed by atoms with Gasteiger partial charge < -0.3 is 5.32 Å². The van der Waals surface area contributed by atoms with Gasteiger partial charge in [-0.3, -0.25) is 4.90 Å². The van der Waals surface area contributed by atoms with Crippen molar-refractivity contribution >= 4 is 11.6 Å². The molecule has 2 nitrogen and oxygen atoms in total. The Balaban J connectivity index is 0.00000139. The van der Waals surface area contributed by atoms with E-state index in [-0.39, 0.29) is 6.04 Å². The summed E-state index contributed by atoms with van der Waals surface area (Å²) in [4.78, 5) is 2.49. The van der Waals surface area contributed by atoms with Crippen LogP contribution >= 0.6 is 11.6 Å². The Morgan fingerprint density at radius 3 is 2.58 bits per heavy atom. The topological polar surface area (TPSA) is 15.3 Å². The van der Waals surface area contributed by atoms with E-state index in [2.05, 4.69) is 41.1 Å². The van der Waals surface area contributed by atoms with Gasteiger partial charge in [-0.1, -0.05) is 74.6 Å². The van der Waals surface area contributed by atoms with Gasteiger partial charge in [0.2, 0.25) is 0 Å². The lowest BCUT2D eigenvalue weighted by molar-refractivity contribution is 0.218. The molecule has 1 fully saturated rings. The molecule has 0 aromatic heterocycles. The molecule has 0 aromatic carbocycles. The molecule has 0 aromatic rings. The van der Waals surface area contributed by atoms with E-state index in [9.17, 15) is 0 Å². The zero-order valence-corrected chi connectivity index (χ0v) is 16.0. The van der Waals surface area contributed by atoms with Crippen molar-refractivity contribution in [3.63, 3.8) is 0 Å². The molecular formula is C21H31ClN2. The van der Waals surface area contributed by atoms with Crippen LogP contribution in [0, 0.1) is 0 Å². The van der Waals surface area contributed by atoms with Crippen LogP contribution in [-0.2, 0) is 0 Å². The molecule has 0 bridgehead atoms. The van der Waals surface area contributed by atoms with E-state index in [1.165, 1.54) is 5.57 Å². The molecule has 2 rings (SSSR count). The first-order chi connectivity index (χ1) is 11.7. The second-order valence-corrected chi connectivity index (χ2v) is 5.95. The van der Waals surface area contributed by atoms with Gasteiger partial charge in [0.1, 0.15) is 0 Å². The summed E-state index contributed by atoms with van der Waals surface area (Å²) in [6.45, 7) is 14.5. The van der Waals surface area contributed by atoms with E-state index in [0.29, 0.717) is 0 Å². The van der Waals surface area contributed by atoms with Crippen molar-refractivity contribution in [2.75, 3.05) is 26.2 Å². The predicted octanol–water partition coefficient (Wildman–Crippen LogP) is 4.98. The van der Waals surface area contributed by atoms with Crippen LogP contribution in [0.15, 0.2) is 71.4 Å². The molecule has 0 saturated carbocycles. The lowest BCUT2D eigenvalue weighted by Crippen LogP contribution is -2.49. The summed E-state index contributed by atoms with van der Waals surface area (Å²) >= 11 is 6.13. The molecule has 1 aliphatic carbocycles. The third-order valence-corrected chi connectivity index (χ3v) is 4.18.